The molecule has 1 saturated heterocycles. The van der Waals surface area contributed by atoms with E-state index in [9.17, 15) is 4.79 Å². The molecule has 1 aliphatic heterocycles. The molecule has 8 heteroatoms. The van der Waals surface area contributed by atoms with Gasteiger partial charge in [-0.25, -0.2) is 4.79 Å². The highest BCUT2D eigenvalue weighted by Gasteiger charge is 2.39. The second kappa shape index (κ2) is 9.19. The first-order valence-corrected chi connectivity index (χ1v) is 12.2. The summed E-state index contributed by atoms with van der Waals surface area (Å²) in [6.07, 6.45) is 2.78. The van der Waals surface area contributed by atoms with Crippen LogP contribution >= 0.6 is 15.9 Å². The van der Waals surface area contributed by atoms with Crippen LogP contribution in [0.15, 0.2) is 59.2 Å². The van der Waals surface area contributed by atoms with Crippen LogP contribution in [0.25, 0.3) is 11.3 Å². The molecule has 2 heterocycles. The fraction of sp³-hybridized carbons (Fsp3) is 0.360. The third kappa shape index (κ3) is 4.91. The van der Waals surface area contributed by atoms with Crippen LogP contribution in [-0.4, -0.2) is 60.0 Å². The number of likely N-dealkylation sites (N-methyl/N-ethyl adjacent to an activating group) is 1. The quantitative estimate of drug-likeness (QED) is 0.539. The predicted octanol–water partition coefficient (Wildman–Crippen LogP) is 4.28. The number of rotatable bonds is 5. The Bertz CT molecular complexity index is 1120. The van der Waals surface area contributed by atoms with Crippen molar-refractivity contribution < 1.29 is 4.79 Å². The molecular weight excluding hydrogens is 480 g/mol. The van der Waals surface area contributed by atoms with Gasteiger partial charge in [0.25, 0.3) is 0 Å². The van der Waals surface area contributed by atoms with Crippen molar-refractivity contribution >= 4 is 33.3 Å². The molecule has 0 spiro atoms. The number of aryl methyl sites for hydroxylation is 1. The Labute approximate surface area is 202 Å². The average Bonchev–Trinajstić information content (AvgIpc) is 3.49. The van der Waals surface area contributed by atoms with Crippen molar-refractivity contribution in [1.82, 2.24) is 20.0 Å². The molecular formula is C25H29BrN6O. The lowest BCUT2D eigenvalue weighted by Crippen LogP contribution is -2.44. The minimum Gasteiger partial charge on any atom is -0.369 e. The third-order valence-electron chi connectivity index (χ3n) is 6.55. The molecule has 2 aromatic carbocycles. The lowest BCUT2D eigenvalue weighted by Gasteiger charge is -2.34. The van der Waals surface area contributed by atoms with Gasteiger partial charge in [0.1, 0.15) is 0 Å². The summed E-state index contributed by atoms with van der Waals surface area (Å²) in [5.41, 5.74) is 5.17. The van der Waals surface area contributed by atoms with Gasteiger partial charge >= 0.3 is 6.03 Å². The van der Waals surface area contributed by atoms with Gasteiger partial charge in [-0.3, -0.25) is 4.68 Å². The van der Waals surface area contributed by atoms with Gasteiger partial charge in [-0.05, 0) is 53.2 Å². The highest BCUT2D eigenvalue weighted by atomic mass is 79.9. The second-order valence-electron chi connectivity index (χ2n) is 8.98. The molecule has 7 nitrogen and oxygen atoms in total. The van der Waals surface area contributed by atoms with E-state index in [-0.39, 0.29) is 12.1 Å². The number of benzene rings is 2. The SMILES string of the molecule is CN1CCN(c2cc(NC(=O)NC3CC3c3ccccc3)cc(-c3c(Br)cnn3C)c2)CC1. The molecule has 3 aromatic rings. The number of hydrogen-bond acceptors (Lipinski definition) is 4. The molecule has 2 atom stereocenters. The number of hydrogen-bond donors (Lipinski definition) is 2. The van der Waals surface area contributed by atoms with E-state index in [1.54, 1.807) is 6.20 Å². The fourth-order valence-corrected chi connectivity index (χ4v) is 5.14. The maximum atomic E-state index is 12.8. The van der Waals surface area contributed by atoms with Crippen molar-refractivity contribution in [2.24, 2.45) is 7.05 Å². The summed E-state index contributed by atoms with van der Waals surface area (Å²) in [6, 6.07) is 16.7. The predicted molar refractivity (Wildman–Crippen MR) is 136 cm³/mol. The fourth-order valence-electron chi connectivity index (χ4n) is 4.56. The Hall–Kier alpha value is -2.84. The van der Waals surface area contributed by atoms with Crippen molar-refractivity contribution in [2.75, 3.05) is 43.4 Å². The molecule has 1 saturated carbocycles. The molecule has 2 fully saturated rings. The zero-order valence-corrected chi connectivity index (χ0v) is 20.5. The minimum atomic E-state index is -0.163. The van der Waals surface area contributed by atoms with Gasteiger partial charge in [-0.15, -0.1) is 0 Å². The topological polar surface area (TPSA) is 65.4 Å². The van der Waals surface area contributed by atoms with Gasteiger partial charge in [0.15, 0.2) is 0 Å². The summed E-state index contributed by atoms with van der Waals surface area (Å²) in [4.78, 5) is 17.5. The minimum absolute atomic E-state index is 0.163. The van der Waals surface area contributed by atoms with Crippen molar-refractivity contribution in [3.05, 3.63) is 64.8 Å². The summed E-state index contributed by atoms with van der Waals surface area (Å²) in [7, 11) is 4.08. The van der Waals surface area contributed by atoms with Gasteiger partial charge in [-0.2, -0.15) is 5.10 Å². The lowest BCUT2D eigenvalue weighted by atomic mass is 10.1. The van der Waals surface area contributed by atoms with Gasteiger partial charge in [-0.1, -0.05) is 30.3 Å². The van der Waals surface area contributed by atoms with Crippen molar-refractivity contribution in [3.63, 3.8) is 0 Å². The van der Waals surface area contributed by atoms with E-state index in [4.69, 9.17) is 0 Å². The number of halogens is 1. The van der Waals surface area contributed by atoms with Crippen molar-refractivity contribution in [2.45, 2.75) is 18.4 Å². The van der Waals surface area contributed by atoms with Gasteiger partial charge in [0, 0.05) is 62.1 Å². The van der Waals surface area contributed by atoms with Crippen molar-refractivity contribution in [3.8, 4) is 11.3 Å². The van der Waals surface area contributed by atoms with E-state index in [1.807, 2.05) is 36.0 Å². The largest absolute Gasteiger partial charge is 0.369 e. The normalized spacial score (nSPS) is 20.5. The van der Waals surface area contributed by atoms with E-state index < -0.39 is 0 Å². The van der Waals surface area contributed by atoms with Crippen LogP contribution in [0.4, 0.5) is 16.2 Å². The van der Waals surface area contributed by atoms with Gasteiger partial charge in [0.05, 0.1) is 16.4 Å². The van der Waals surface area contributed by atoms with Gasteiger partial charge < -0.3 is 20.4 Å². The Morgan fingerprint density at radius 3 is 2.52 bits per heavy atom. The van der Waals surface area contributed by atoms with Crippen LogP contribution in [0, 0.1) is 0 Å². The molecule has 0 radical (unpaired) electrons. The monoisotopic (exact) mass is 508 g/mol. The van der Waals surface area contributed by atoms with Crippen molar-refractivity contribution in [1.29, 1.82) is 0 Å². The molecule has 0 bridgehead atoms. The molecule has 2 amide bonds. The molecule has 1 aliphatic carbocycles. The number of piperazine rings is 1. The third-order valence-corrected chi connectivity index (χ3v) is 7.13. The first-order chi connectivity index (χ1) is 16.0. The summed E-state index contributed by atoms with van der Waals surface area (Å²) in [6.45, 7) is 3.95. The molecule has 5 rings (SSSR count). The number of nitrogens with one attached hydrogen (secondary N) is 2. The van der Waals surface area contributed by atoms with E-state index in [0.29, 0.717) is 5.92 Å². The Morgan fingerprint density at radius 1 is 1.06 bits per heavy atom. The molecule has 2 unspecified atom stereocenters. The zero-order valence-electron chi connectivity index (χ0n) is 19.0. The number of anilines is 2. The maximum absolute atomic E-state index is 12.8. The first-order valence-electron chi connectivity index (χ1n) is 11.4. The number of nitrogens with zero attached hydrogens (tertiary/aromatic N) is 4. The van der Waals surface area contributed by atoms with E-state index in [0.717, 1.165) is 59.7 Å². The number of amides is 2. The van der Waals surface area contributed by atoms with E-state index in [2.05, 4.69) is 72.8 Å². The smallest absolute Gasteiger partial charge is 0.319 e. The zero-order chi connectivity index (χ0) is 22.9. The Balaban J connectivity index is 1.35. The Morgan fingerprint density at radius 2 is 1.82 bits per heavy atom. The van der Waals surface area contributed by atoms with Crippen LogP contribution in [0.3, 0.4) is 0 Å². The second-order valence-corrected chi connectivity index (χ2v) is 9.84. The summed E-state index contributed by atoms with van der Waals surface area (Å²) >= 11 is 3.62. The highest BCUT2D eigenvalue weighted by Crippen LogP contribution is 2.40. The summed E-state index contributed by atoms with van der Waals surface area (Å²) < 4.78 is 2.78. The summed E-state index contributed by atoms with van der Waals surface area (Å²) in [5.74, 6) is 0.398. The van der Waals surface area contributed by atoms with Crippen LogP contribution < -0.4 is 15.5 Å². The molecule has 2 aliphatic rings. The van der Waals surface area contributed by atoms with Crippen LogP contribution in [0.5, 0.6) is 0 Å². The lowest BCUT2D eigenvalue weighted by molar-refractivity contribution is 0.251. The highest BCUT2D eigenvalue weighted by molar-refractivity contribution is 9.10. The van der Waals surface area contributed by atoms with Crippen LogP contribution in [0.1, 0.15) is 17.9 Å². The van der Waals surface area contributed by atoms with E-state index >= 15 is 0 Å². The summed E-state index contributed by atoms with van der Waals surface area (Å²) in [5, 5.41) is 10.6. The van der Waals surface area contributed by atoms with Crippen LogP contribution in [-0.2, 0) is 7.05 Å². The molecule has 33 heavy (non-hydrogen) atoms. The van der Waals surface area contributed by atoms with E-state index in [1.165, 1.54) is 5.56 Å². The number of aromatic nitrogens is 2. The standard InChI is InChI=1S/C25H29BrN6O/c1-30-8-10-32(11-9-30)20-13-18(24-22(26)16-27-31(24)2)12-19(14-20)28-25(33)29-23-15-21(23)17-6-4-3-5-7-17/h3-7,12-14,16,21,23H,8-11,15H2,1-2H3,(H2,28,29,33). The number of carbonyl (C=O) groups excluding carboxylic acids is 1. The maximum Gasteiger partial charge on any atom is 0.319 e. The molecule has 1 aromatic heterocycles. The number of urea groups is 1. The average molecular weight is 509 g/mol. The molecule has 172 valence electrons. The van der Waals surface area contributed by atoms with Crippen LogP contribution in [0.2, 0.25) is 0 Å². The molecule has 2 N–H and O–H groups in total. The first kappa shape index (κ1) is 22.0. The Kier molecular flexibility index (Phi) is 6.12. The van der Waals surface area contributed by atoms with Gasteiger partial charge in [0.2, 0.25) is 0 Å². The number of carbonyl (C=O) groups is 1.